The van der Waals surface area contributed by atoms with Gasteiger partial charge in [0, 0.05) is 0 Å². The third kappa shape index (κ3) is 5.50. The Hall–Kier alpha value is -1.91. The van der Waals surface area contributed by atoms with Gasteiger partial charge in [-0.25, -0.2) is 4.39 Å². The van der Waals surface area contributed by atoms with Gasteiger partial charge in [0.2, 0.25) is 0 Å². The topological polar surface area (TPSA) is 55.4 Å². The Morgan fingerprint density at radius 1 is 1.26 bits per heavy atom. The molecular formula is C14H18FNO3. The average Bonchev–Trinajstić information content (AvgIpc) is 2.41. The van der Waals surface area contributed by atoms with Crippen molar-refractivity contribution >= 4 is 11.9 Å². The molecule has 0 spiro atoms. The minimum Gasteiger partial charge on any atom is -0.464 e. The van der Waals surface area contributed by atoms with Crippen molar-refractivity contribution in [2.75, 3.05) is 13.2 Å². The van der Waals surface area contributed by atoms with Gasteiger partial charge in [-0.3, -0.25) is 9.59 Å². The largest absolute Gasteiger partial charge is 0.464 e. The van der Waals surface area contributed by atoms with Crippen LogP contribution in [0.15, 0.2) is 24.3 Å². The Bertz CT molecular complexity index is 434. The van der Waals surface area contributed by atoms with Crippen molar-refractivity contribution in [3.8, 4) is 0 Å². The molecule has 5 heteroatoms. The van der Waals surface area contributed by atoms with Crippen molar-refractivity contribution < 1.29 is 18.7 Å². The normalized spacial score (nSPS) is 10.0. The van der Waals surface area contributed by atoms with Crippen LogP contribution < -0.4 is 5.32 Å². The molecule has 19 heavy (non-hydrogen) atoms. The molecule has 1 rings (SSSR count). The second-order valence-electron chi connectivity index (χ2n) is 4.09. The van der Waals surface area contributed by atoms with Gasteiger partial charge < -0.3 is 10.1 Å². The quantitative estimate of drug-likeness (QED) is 0.609. The van der Waals surface area contributed by atoms with E-state index in [4.69, 9.17) is 4.74 Å². The van der Waals surface area contributed by atoms with Gasteiger partial charge in [0.25, 0.3) is 5.91 Å². The number of amides is 1. The zero-order valence-corrected chi connectivity index (χ0v) is 10.9. The van der Waals surface area contributed by atoms with Crippen LogP contribution >= 0.6 is 0 Å². The summed E-state index contributed by atoms with van der Waals surface area (Å²) in [4.78, 5) is 22.9. The minimum atomic E-state index is -0.622. The van der Waals surface area contributed by atoms with Gasteiger partial charge in [-0.1, -0.05) is 31.9 Å². The summed E-state index contributed by atoms with van der Waals surface area (Å²) in [6.45, 7) is 2.15. The molecule has 0 radical (unpaired) electrons. The first-order valence-electron chi connectivity index (χ1n) is 6.33. The fourth-order valence-corrected chi connectivity index (χ4v) is 1.48. The summed E-state index contributed by atoms with van der Waals surface area (Å²) in [6.07, 6.45) is 2.85. The highest BCUT2D eigenvalue weighted by Gasteiger charge is 2.12. The van der Waals surface area contributed by atoms with E-state index in [9.17, 15) is 14.0 Å². The summed E-state index contributed by atoms with van der Waals surface area (Å²) in [7, 11) is 0. The summed E-state index contributed by atoms with van der Waals surface area (Å²) < 4.78 is 18.2. The van der Waals surface area contributed by atoms with Crippen LogP contribution in [0.3, 0.4) is 0 Å². The molecule has 0 aliphatic rings. The standard InChI is InChI=1S/C14H18FNO3/c1-2-3-6-9-19-13(17)10-16-14(18)11-7-4-5-8-12(11)15/h4-5,7-8H,2-3,6,9-10H2,1H3,(H,16,18). The lowest BCUT2D eigenvalue weighted by molar-refractivity contribution is -0.142. The lowest BCUT2D eigenvalue weighted by atomic mass is 10.2. The van der Waals surface area contributed by atoms with E-state index >= 15 is 0 Å². The van der Waals surface area contributed by atoms with E-state index < -0.39 is 17.7 Å². The number of hydrogen-bond acceptors (Lipinski definition) is 3. The number of benzene rings is 1. The minimum absolute atomic E-state index is 0.0821. The zero-order valence-electron chi connectivity index (χ0n) is 10.9. The Kier molecular flexibility index (Phi) is 6.57. The fraction of sp³-hybridized carbons (Fsp3) is 0.429. The average molecular weight is 267 g/mol. The third-order valence-corrected chi connectivity index (χ3v) is 2.52. The van der Waals surface area contributed by atoms with Crippen LogP contribution in [0.2, 0.25) is 0 Å². The molecular weight excluding hydrogens is 249 g/mol. The van der Waals surface area contributed by atoms with Crippen LogP contribution in [-0.4, -0.2) is 25.0 Å². The molecule has 0 atom stereocenters. The Morgan fingerprint density at radius 2 is 2.00 bits per heavy atom. The van der Waals surface area contributed by atoms with Crippen LogP contribution in [0, 0.1) is 5.82 Å². The van der Waals surface area contributed by atoms with E-state index in [2.05, 4.69) is 12.2 Å². The molecule has 1 amide bonds. The number of esters is 1. The monoisotopic (exact) mass is 267 g/mol. The second kappa shape index (κ2) is 8.24. The van der Waals surface area contributed by atoms with Crippen molar-refractivity contribution in [2.24, 2.45) is 0 Å². The van der Waals surface area contributed by atoms with Crippen LogP contribution in [0.25, 0.3) is 0 Å². The maximum absolute atomic E-state index is 13.3. The molecule has 1 N–H and O–H groups in total. The molecule has 0 bridgehead atoms. The highest BCUT2D eigenvalue weighted by atomic mass is 19.1. The van der Waals surface area contributed by atoms with E-state index in [-0.39, 0.29) is 12.1 Å². The van der Waals surface area contributed by atoms with E-state index in [1.165, 1.54) is 18.2 Å². The number of nitrogens with one attached hydrogen (secondary N) is 1. The molecule has 1 aromatic rings. The molecule has 4 nitrogen and oxygen atoms in total. The van der Waals surface area contributed by atoms with Crippen molar-refractivity contribution in [3.05, 3.63) is 35.6 Å². The van der Waals surface area contributed by atoms with E-state index in [0.717, 1.165) is 19.3 Å². The Balaban J connectivity index is 2.30. The van der Waals surface area contributed by atoms with Gasteiger partial charge in [0.1, 0.15) is 12.4 Å². The zero-order chi connectivity index (χ0) is 14.1. The lowest BCUT2D eigenvalue weighted by Crippen LogP contribution is -2.31. The molecule has 0 aromatic heterocycles. The van der Waals surface area contributed by atoms with Crippen LogP contribution in [0.5, 0.6) is 0 Å². The van der Waals surface area contributed by atoms with Crippen molar-refractivity contribution in [3.63, 3.8) is 0 Å². The number of hydrogen-bond donors (Lipinski definition) is 1. The van der Waals surface area contributed by atoms with Crippen LogP contribution in [0.4, 0.5) is 4.39 Å². The molecule has 0 saturated carbocycles. The van der Waals surface area contributed by atoms with Gasteiger partial charge in [-0.05, 0) is 18.6 Å². The SMILES string of the molecule is CCCCCOC(=O)CNC(=O)c1ccccc1F. The third-order valence-electron chi connectivity index (χ3n) is 2.52. The van der Waals surface area contributed by atoms with Crippen molar-refractivity contribution in [2.45, 2.75) is 26.2 Å². The fourth-order valence-electron chi connectivity index (χ4n) is 1.48. The van der Waals surface area contributed by atoms with Crippen molar-refractivity contribution in [1.82, 2.24) is 5.32 Å². The first-order valence-corrected chi connectivity index (χ1v) is 6.33. The molecule has 0 heterocycles. The Labute approximate surface area is 112 Å². The number of carbonyl (C=O) groups excluding carboxylic acids is 2. The van der Waals surface area contributed by atoms with Crippen LogP contribution in [-0.2, 0) is 9.53 Å². The number of ether oxygens (including phenoxy) is 1. The smallest absolute Gasteiger partial charge is 0.325 e. The number of carbonyl (C=O) groups is 2. The molecule has 0 aliphatic carbocycles. The molecule has 0 fully saturated rings. The summed E-state index contributed by atoms with van der Waals surface area (Å²) in [6, 6.07) is 5.60. The van der Waals surface area contributed by atoms with E-state index in [1.54, 1.807) is 6.07 Å². The first-order chi connectivity index (χ1) is 9.15. The lowest BCUT2D eigenvalue weighted by Gasteiger charge is -2.06. The number of halogens is 1. The molecule has 104 valence electrons. The molecule has 0 unspecified atom stereocenters. The van der Waals surface area contributed by atoms with E-state index in [0.29, 0.717) is 6.61 Å². The summed E-state index contributed by atoms with van der Waals surface area (Å²) in [5.74, 6) is -1.75. The maximum atomic E-state index is 13.3. The van der Waals surface area contributed by atoms with Gasteiger partial charge in [0.15, 0.2) is 0 Å². The summed E-state index contributed by atoms with van der Waals surface area (Å²) in [5.41, 5.74) is -0.0821. The predicted octanol–water partition coefficient (Wildman–Crippen LogP) is 2.29. The van der Waals surface area contributed by atoms with Crippen LogP contribution in [0.1, 0.15) is 36.5 Å². The van der Waals surface area contributed by atoms with Gasteiger partial charge >= 0.3 is 5.97 Å². The maximum Gasteiger partial charge on any atom is 0.325 e. The van der Waals surface area contributed by atoms with Gasteiger partial charge in [0.05, 0.1) is 12.2 Å². The Morgan fingerprint density at radius 3 is 2.68 bits per heavy atom. The van der Waals surface area contributed by atoms with Crippen molar-refractivity contribution in [1.29, 1.82) is 0 Å². The highest BCUT2D eigenvalue weighted by molar-refractivity contribution is 5.96. The molecule has 1 aromatic carbocycles. The second-order valence-corrected chi connectivity index (χ2v) is 4.09. The molecule has 0 saturated heterocycles. The first kappa shape index (κ1) is 15.1. The molecule has 0 aliphatic heterocycles. The van der Waals surface area contributed by atoms with Gasteiger partial charge in [-0.2, -0.15) is 0 Å². The highest BCUT2D eigenvalue weighted by Crippen LogP contribution is 2.05. The number of unbranched alkanes of at least 4 members (excludes halogenated alkanes) is 2. The summed E-state index contributed by atoms with van der Waals surface area (Å²) >= 11 is 0. The van der Waals surface area contributed by atoms with E-state index in [1.807, 2.05) is 0 Å². The summed E-state index contributed by atoms with van der Waals surface area (Å²) in [5, 5.41) is 2.33. The van der Waals surface area contributed by atoms with Gasteiger partial charge in [-0.15, -0.1) is 0 Å². The predicted molar refractivity (Wildman–Crippen MR) is 69.2 cm³/mol. The number of rotatable bonds is 7.